The standard InChI is InChI=1S/C12H25N/c1-4-12(10(2)3)8-11-6-5-7-13-9-11/h10-13H,4-9H2,1-3H3. The van der Waals surface area contributed by atoms with Crippen LogP contribution in [-0.4, -0.2) is 13.1 Å². The van der Waals surface area contributed by atoms with Crippen LogP contribution in [0.25, 0.3) is 0 Å². The van der Waals surface area contributed by atoms with Gasteiger partial charge in [-0.3, -0.25) is 0 Å². The third-order valence-electron chi connectivity index (χ3n) is 3.50. The first-order valence-corrected chi connectivity index (χ1v) is 5.94. The Hall–Kier alpha value is -0.0400. The second kappa shape index (κ2) is 5.64. The van der Waals surface area contributed by atoms with Crippen LogP contribution in [0.2, 0.25) is 0 Å². The molecule has 0 saturated carbocycles. The first-order chi connectivity index (χ1) is 6.24. The van der Waals surface area contributed by atoms with Crippen molar-refractivity contribution in [3.63, 3.8) is 0 Å². The fourth-order valence-electron chi connectivity index (χ4n) is 2.46. The molecule has 0 aromatic rings. The first kappa shape index (κ1) is 11.0. The van der Waals surface area contributed by atoms with E-state index < -0.39 is 0 Å². The molecule has 1 fully saturated rings. The van der Waals surface area contributed by atoms with E-state index in [4.69, 9.17) is 0 Å². The Balaban J connectivity index is 2.27. The molecule has 1 rings (SSSR count). The van der Waals surface area contributed by atoms with Crippen molar-refractivity contribution in [2.75, 3.05) is 13.1 Å². The number of rotatable bonds is 4. The minimum Gasteiger partial charge on any atom is -0.316 e. The van der Waals surface area contributed by atoms with Crippen LogP contribution >= 0.6 is 0 Å². The molecule has 0 spiro atoms. The van der Waals surface area contributed by atoms with E-state index in [1.54, 1.807) is 0 Å². The maximum atomic E-state index is 3.50. The van der Waals surface area contributed by atoms with Gasteiger partial charge in [-0.15, -0.1) is 0 Å². The summed E-state index contributed by atoms with van der Waals surface area (Å²) in [4.78, 5) is 0. The topological polar surface area (TPSA) is 12.0 Å². The van der Waals surface area contributed by atoms with Crippen LogP contribution in [0.4, 0.5) is 0 Å². The van der Waals surface area contributed by atoms with Gasteiger partial charge in [-0.2, -0.15) is 0 Å². The summed E-state index contributed by atoms with van der Waals surface area (Å²) in [7, 11) is 0. The second-order valence-corrected chi connectivity index (χ2v) is 4.86. The maximum absolute atomic E-state index is 3.50. The molecule has 1 aliphatic rings. The zero-order chi connectivity index (χ0) is 9.68. The molecule has 2 atom stereocenters. The molecule has 1 N–H and O–H groups in total. The lowest BCUT2D eigenvalue weighted by atomic mass is 9.82. The van der Waals surface area contributed by atoms with Crippen LogP contribution in [0.5, 0.6) is 0 Å². The second-order valence-electron chi connectivity index (χ2n) is 4.86. The van der Waals surface area contributed by atoms with Crippen molar-refractivity contribution in [2.45, 2.75) is 46.5 Å². The lowest BCUT2D eigenvalue weighted by molar-refractivity contribution is 0.253. The monoisotopic (exact) mass is 183 g/mol. The van der Waals surface area contributed by atoms with E-state index in [-0.39, 0.29) is 0 Å². The summed E-state index contributed by atoms with van der Waals surface area (Å²) in [6.45, 7) is 9.58. The highest BCUT2D eigenvalue weighted by Crippen LogP contribution is 2.26. The van der Waals surface area contributed by atoms with Crippen LogP contribution in [-0.2, 0) is 0 Å². The Kier molecular flexibility index (Phi) is 4.79. The van der Waals surface area contributed by atoms with Gasteiger partial charge in [-0.05, 0) is 50.1 Å². The molecule has 1 heteroatoms. The number of piperidine rings is 1. The summed E-state index contributed by atoms with van der Waals surface area (Å²) in [5, 5.41) is 3.50. The Morgan fingerprint density at radius 1 is 1.38 bits per heavy atom. The van der Waals surface area contributed by atoms with Gasteiger partial charge in [0.2, 0.25) is 0 Å². The molecule has 1 aliphatic heterocycles. The molecule has 0 amide bonds. The highest BCUT2D eigenvalue weighted by Gasteiger charge is 2.19. The SMILES string of the molecule is CCC(CC1CCCNC1)C(C)C. The van der Waals surface area contributed by atoms with E-state index >= 15 is 0 Å². The van der Waals surface area contributed by atoms with E-state index in [1.165, 1.54) is 38.8 Å². The van der Waals surface area contributed by atoms with Crippen molar-refractivity contribution in [3.05, 3.63) is 0 Å². The summed E-state index contributed by atoms with van der Waals surface area (Å²) in [5.41, 5.74) is 0. The van der Waals surface area contributed by atoms with Gasteiger partial charge in [-0.25, -0.2) is 0 Å². The lowest BCUT2D eigenvalue weighted by Crippen LogP contribution is -2.31. The smallest absolute Gasteiger partial charge is 0.00204 e. The molecule has 0 radical (unpaired) electrons. The van der Waals surface area contributed by atoms with Crippen LogP contribution in [0.1, 0.15) is 46.5 Å². The van der Waals surface area contributed by atoms with E-state index in [9.17, 15) is 0 Å². The van der Waals surface area contributed by atoms with Crippen LogP contribution in [0.3, 0.4) is 0 Å². The summed E-state index contributed by atoms with van der Waals surface area (Å²) in [6.07, 6.45) is 5.64. The molecular weight excluding hydrogens is 158 g/mol. The molecule has 0 aromatic heterocycles. The maximum Gasteiger partial charge on any atom is -0.00204 e. The van der Waals surface area contributed by atoms with E-state index in [0.29, 0.717) is 0 Å². The van der Waals surface area contributed by atoms with Crippen molar-refractivity contribution in [1.82, 2.24) is 5.32 Å². The molecule has 13 heavy (non-hydrogen) atoms. The average Bonchev–Trinajstić information content (AvgIpc) is 2.15. The quantitative estimate of drug-likeness (QED) is 0.706. The predicted octanol–water partition coefficient (Wildman–Crippen LogP) is 3.06. The van der Waals surface area contributed by atoms with Gasteiger partial charge in [0.05, 0.1) is 0 Å². The van der Waals surface area contributed by atoms with E-state index in [1.807, 2.05) is 0 Å². The Labute approximate surface area is 83.3 Å². The van der Waals surface area contributed by atoms with E-state index in [2.05, 4.69) is 26.1 Å². The Morgan fingerprint density at radius 3 is 2.62 bits per heavy atom. The Morgan fingerprint density at radius 2 is 2.15 bits per heavy atom. The predicted molar refractivity (Wildman–Crippen MR) is 58.8 cm³/mol. The molecular formula is C12H25N. The zero-order valence-electron chi connectivity index (χ0n) is 9.47. The lowest BCUT2D eigenvalue weighted by Gasteiger charge is -2.28. The normalized spacial score (nSPS) is 26.3. The highest BCUT2D eigenvalue weighted by molar-refractivity contribution is 4.73. The minimum absolute atomic E-state index is 0.868. The summed E-state index contributed by atoms with van der Waals surface area (Å²) < 4.78 is 0. The number of nitrogens with one attached hydrogen (secondary N) is 1. The van der Waals surface area contributed by atoms with Crippen LogP contribution in [0.15, 0.2) is 0 Å². The van der Waals surface area contributed by atoms with Crippen molar-refractivity contribution < 1.29 is 0 Å². The van der Waals surface area contributed by atoms with Crippen LogP contribution in [0, 0.1) is 17.8 Å². The summed E-state index contributed by atoms with van der Waals surface area (Å²) in [6, 6.07) is 0. The van der Waals surface area contributed by atoms with Crippen molar-refractivity contribution in [3.8, 4) is 0 Å². The highest BCUT2D eigenvalue weighted by atomic mass is 14.9. The van der Waals surface area contributed by atoms with Crippen molar-refractivity contribution in [2.24, 2.45) is 17.8 Å². The molecule has 0 aliphatic carbocycles. The van der Waals surface area contributed by atoms with Gasteiger partial charge < -0.3 is 5.32 Å². The largest absolute Gasteiger partial charge is 0.316 e. The van der Waals surface area contributed by atoms with Gasteiger partial charge in [-0.1, -0.05) is 27.2 Å². The molecule has 1 heterocycles. The molecule has 1 saturated heterocycles. The fraction of sp³-hybridized carbons (Fsp3) is 1.00. The van der Waals surface area contributed by atoms with E-state index in [0.717, 1.165) is 17.8 Å². The Bertz CT molecular complexity index is 125. The van der Waals surface area contributed by atoms with Crippen LogP contribution < -0.4 is 5.32 Å². The van der Waals surface area contributed by atoms with Gasteiger partial charge in [0.15, 0.2) is 0 Å². The van der Waals surface area contributed by atoms with Crippen molar-refractivity contribution >= 4 is 0 Å². The summed E-state index contributed by atoms with van der Waals surface area (Å²) >= 11 is 0. The third-order valence-corrected chi connectivity index (χ3v) is 3.50. The molecule has 2 unspecified atom stereocenters. The van der Waals surface area contributed by atoms with Gasteiger partial charge in [0.1, 0.15) is 0 Å². The average molecular weight is 183 g/mol. The molecule has 1 nitrogen and oxygen atoms in total. The number of hydrogen-bond donors (Lipinski definition) is 1. The molecule has 0 bridgehead atoms. The molecule has 0 aromatic carbocycles. The van der Waals surface area contributed by atoms with Crippen molar-refractivity contribution in [1.29, 1.82) is 0 Å². The van der Waals surface area contributed by atoms with Gasteiger partial charge >= 0.3 is 0 Å². The third kappa shape index (κ3) is 3.68. The van der Waals surface area contributed by atoms with Gasteiger partial charge in [0, 0.05) is 0 Å². The number of hydrogen-bond acceptors (Lipinski definition) is 1. The minimum atomic E-state index is 0.868. The molecule has 78 valence electrons. The first-order valence-electron chi connectivity index (χ1n) is 5.94. The fourth-order valence-corrected chi connectivity index (χ4v) is 2.46. The zero-order valence-corrected chi connectivity index (χ0v) is 9.47. The van der Waals surface area contributed by atoms with Gasteiger partial charge in [0.25, 0.3) is 0 Å². The summed E-state index contributed by atoms with van der Waals surface area (Å²) in [5.74, 6) is 2.78.